The van der Waals surface area contributed by atoms with Crippen molar-refractivity contribution in [3.8, 4) is 0 Å². The van der Waals surface area contributed by atoms with Gasteiger partial charge in [0.25, 0.3) is 5.91 Å². The summed E-state index contributed by atoms with van der Waals surface area (Å²) in [7, 11) is 0. The number of aliphatic carboxylic acids is 1. The van der Waals surface area contributed by atoms with E-state index in [0.717, 1.165) is 10.7 Å². The number of carboxylic acid groups (broad SMARTS) is 1. The number of likely N-dealkylation sites (tertiary alicyclic amines) is 1. The molecule has 0 radical (unpaired) electrons. The van der Waals surface area contributed by atoms with Crippen molar-refractivity contribution in [2.24, 2.45) is 5.41 Å². The highest BCUT2D eigenvalue weighted by molar-refractivity contribution is 7.13. The normalized spacial score (nSPS) is 23.4. The van der Waals surface area contributed by atoms with E-state index in [0.29, 0.717) is 17.8 Å². The van der Waals surface area contributed by atoms with E-state index in [-0.39, 0.29) is 12.5 Å². The van der Waals surface area contributed by atoms with Gasteiger partial charge in [0.15, 0.2) is 0 Å². The van der Waals surface area contributed by atoms with Gasteiger partial charge in [0.05, 0.1) is 16.1 Å². The summed E-state index contributed by atoms with van der Waals surface area (Å²) in [6, 6.07) is 0. The molecule has 98 valence electrons. The number of rotatable bonds is 2. The fourth-order valence-corrected chi connectivity index (χ4v) is 3.07. The van der Waals surface area contributed by atoms with Crippen LogP contribution in [-0.2, 0) is 4.79 Å². The highest BCUT2D eigenvalue weighted by Gasteiger charge is 2.42. The van der Waals surface area contributed by atoms with Crippen molar-refractivity contribution in [3.05, 3.63) is 15.6 Å². The van der Waals surface area contributed by atoms with Crippen LogP contribution in [0, 0.1) is 19.3 Å². The molecule has 18 heavy (non-hydrogen) atoms. The molecule has 0 spiro atoms. The predicted octanol–water partition coefficient (Wildman–Crippen LogP) is 1.70. The molecular weight excluding hydrogens is 252 g/mol. The number of aromatic nitrogens is 1. The molecule has 1 aromatic rings. The molecule has 5 nitrogen and oxygen atoms in total. The van der Waals surface area contributed by atoms with E-state index in [1.807, 2.05) is 13.8 Å². The summed E-state index contributed by atoms with van der Waals surface area (Å²) in [6.45, 7) is 6.13. The van der Waals surface area contributed by atoms with Gasteiger partial charge in [0.1, 0.15) is 4.88 Å². The lowest BCUT2D eigenvalue weighted by molar-refractivity contribution is -0.147. The lowest BCUT2D eigenvalue weighted by Crippen LogP contribution is -2.34. The molecule has 0 aliphatic carbocycles. The van der Waals surface area contributed by atoms with Gasteiger partial charge in [-0.15, -0.1) is 11.3 Å². The number of carbonyl (C=O) groups excluding carboxylic acids is 1. The van der Waals surface area contributed by atoms with Gasteiger partial charge >= 0.3 is 5.97 Å². The summed E-state index contributed by atoms with van der Waals surface area (Å²) >= 11 is 1.37. The quantitative estimate of drug-likeness (QED) is 0.886. The van der Waals surface area contributed by atoms with Gasteiger partial charge in [0, 0.05) is 13.1 Å². The Morgan fingerprint density at radius 1 is 1.44 bits per heavy atom. The summed E-state index contributed by atoms with van der Waals surface area (Å²) in [5.41, 5.74) is -0.0880. The van der Waals surface area contributed by atoms with E-state index in [9.17, 15) is 9.59 Å². The number of aryl methyl sites for hydroxylation is 2. The average Bonchev–Trinajstić information content (AvgIpc) is 2.82. The third-order valence-corrected chi connectivity index (χ3v) is 4.44. The largest absolute Gasteiger partial charge is 0.481 e. The second-order valence-electron chi connectivity index (χ2n) is 4.99. The van der Waals surface area contributed by atoms with E-state index in [1.165, 1.54) is 11.3 Å². The molecule has 1 fully saturated rings. The number of hydrogen-bond acceptors (Lipinski definition) is 4. The number of nitrogens with zero attached hydrogens (tertiary/aromatic N) is 2. The second kappa shape index (κ2) is 4.35. The van der Waals surface area contributed by atoms with Crippen LogP contribution in [0.4, 0.5) is 0 Å². The lowest BCUT2D eigenvalue weighted by atomic mass is 9.90. The van der Waals surface area contributed by atoms with Crippen molar-refractivity contribution < 1.29 is 14.7 Å². The van der Waals surface area contributed by atoms with Crippen LogP contribution in [0.2, 0.25) is 0 Å². The number of amides is 1. The lowest BCUT2D eigenvalue weighted by Gasteiger charge is -2.19. The minimum absolute atomic E-state index is 0.0944. The first-order valence-corrected chi connectivity index (χ1v) is 6.62. The smallest absolute Gasteiger partial charge is 0.311 e. The summed E-state index contributed by atoms with van der Waals surface area (Å²) < 4.78 is 0. The van der Waals surface area contributed by atoms with Crippen molar-refractivity contribution >= 4 is 23.2 Å². The monoisotopic (exact) mass is 268 g/mol. The van der Waals surface area contributed by atoms with Crippen LogP contribution >= 0.6 is 11.3 Å². The summed E-state index contributed by atoms with van der Waals surface area (Å²) in [4.78, 5) is 29.9. The van der Waals surface area contributed by atoms with Crippen LogP contribution < -0.4 is 0 Å². The maximum Gasteiger partial charge on any atom is 0.311 e. The maximum atomic E-state index is 12.3. The third kappa shape index (κ3) is 2.12. The Bertz CT molecular complexity index is 511. The Balaban J connectivity index is 2.18. The van der Waals surface area contributed by atoms with Crippen molar-refractivity contribution in [3.63, 3.8) is 0 Å². The molecule has 1 atom stereocenters. The van der Waals surface area contributed by atoms with Crippen LogP contribution in [0.3, 0.4) is 0 Å². The van der Waals surface area contributed by atoms with Gasteiger partial charge in [-0.05, 0) is 27.2 Å². The Morgan fingerprint density at radius 2 is 2.11 bits per heavy atom. The molecule has 1 saturated heterocycles. The molecule has 1 aromatic heterocycles. The number of carbonyl (C=O) groups is 2. The predicted molar refractivity (Wildman–Crippen MR) is 67.9 cm³/mol. The first-order chi connectivity index (χ1) is 8.33. The van der Waals surface area contributed by atoms with E-state index < -0.39 is 11.4 Å². The van der Waals surface area contributed by atoms with Crippen LogP contribution in [0.1, 0.15) is 33.7 Å². The van der Waals surface area contributed by atoms with Gasteiger partial charge in [0.2, 0.25) is 0 Å². The standard InChI is InChI=1S/C12H16N2O3S/c1-7-9(18-8(2)13-7)10(15)14-5-4-12(3,6-14)11(16)17/h4-6H2,1-3H3,(H,16,17). The van der Waals surface area contributed by atoms with Gasteiger partial charge in [-0.1, -0.05) is 0 Å². The summed E-state index contributed by atoms with van der Waals surface area (Å²) in [5.74, 6) is -0.932. The van der Waals surface area contributed by atoms with Crippen molar-refractivity contribution in [1.29, 1.82) is 0 Å². The molecule has 1 unspecified atom stereocenters. The maximum absolute atomic E-state index is 12.3. The van der Waals surface area contributed by atoms with Gasteiger partial charge in [-0.2, -0.15) is 0 Å². The molecule has 1 amide bonds. The molecule has 0 bridgehead atoms. The van der Waals surface area contributed by atoms with E-state index in [2.05, 4.69) is 4.98 Å². The first kappa shape index (κ1) is 13.0. The topological polar surface area (TPSA) is 70.5 Å². The zero-order valence-corrected chi connectivity index (χ0v) is 11.5. The zero-order chi connectivity index (χ0) is 13.5. The second-order valence-corrected chi connectivity index (χ2v) is 6.19. The Morgan fingerprint density at radius 3 is 2.56 bits per heavy atom. The van der Waals surface area contributed by atoms with Gasteiger partial charge < -0.3 is 10.0 Å². The van der Waals surface area contributed by atoms with Crippen molar-refractivity contribution in [1.82, 2.24) is 9.88 Å². The third-order valence-electron chi connectivity index (χ3n) is 3.37. The zero-order valence-electron chi connectivity index (χ0n) is 10.7. The molecular formula is C12H16N2O3S. The summed E-state index contributed by atoms with van der Waals surface area (Å²) in [5, 5.41) is 10.0. The first-order valence-electron chi connectivity index (χ1n) is 5.80. The average molecular weight is 268 g/mol. The van der Waals surface area contributed by atoms with E-state index >= 15 is 0 Å². The van der Waals surface area contributed by atoms with Gasteiger partial charge in [-0.3, -0.25) is 9.59 Å². The molecule has 0 aromatic carbocycles. The number of hydrogen-bond donors (Lipinski definition) is 1. The fourth-order valence-electron chi connectivity index (χ4n) is 2.18. The van der Waals surface area contributed by atoms with Crippen LogP contribution in [-0.4, -0.2) is 40.0 Å². The van der Waals surface area contributed by atoms with E-state index in [4.69, 9.17) is 5.11 Å². The fraction of sp³-hybridized carbons (Fsp3) is 0.583. The number of carboxylic acids is 1. The Kier molecular flexibility index (Phi) is 3.14. The van der Waals surface area contributed by atoms with Crippen molar-refractivity contribution in [2.45, 2.75) is 27.2 Å². The summed E-state index contributed by atoms with van der Waals surface area (Å²) in [6.07, 6.45) is 0.505. The molecule has 0 saturated carbocycles. The molecule has 2 heterocycles. The minimum atomic E-state index is -0.838. The molecule has 1 aliphatic rings. The van der Waals surface area contributed by atoms with Gasteiger partial charge in [-0.25, -0.2) is 4.98 Å². The van der Waals surface area contributed by atoms with Crippen LogP contribution in [0.5, 0.6) is 0 Å². The molecule has 1 aliphatic heterocycles. The highest BCUT2D eigenvalue weighted by Crippen LogP contribution is 2.32. The van der Waals surface area contributed by atoms with Crippen LogP contribution in [0.25, 0.3) is 0 Å². The Labute approximate surface area is 109 Å². The highest BCUT2D eigenvalue weighted by atomic mass is 32.1. The SMILES string of the molecule is Cc1nc(C)c(C(=O)N2CCC(C)(C(=O)O)C2)s1. The molecule has 6 heteroatoms. The minimum Gasteiger partial charge on any atom is -0.481 e. The van der Waals surface area contributed by atoms with Crippen LogP contribution in [0.15, 0.2) is 0 Å². The van der Waals surface area contributed by atoms with Crippen molar-refractivity contribution in [2.75, 3.05) is 13.1 Å². The molecule has 2 rings (SSSR count). The Hall–Kier alpha value is -1.43. The molecule has 1 N–H and O–H groups in total. The van der Waals surface area contributed by atoms with E-state index in [1.54, 1.807) is 11.8 Å². The number of thiazole rings is 1.